The Hall–Kier alpha value is -4.74. The Bertz CT molecular complexity index is 1540. The molecule has 4 rings (SSSR count). The minimum absolute atomic E-state index is 0.152. The number of hydrogen-bond donors (Lipinski definition) is 1. The van der Waals surface area contributed by atoms with Gasteiger partial charge in [-0.3, -0.25) is 9.36 Å². The van der Waals surface area contributed by atoms with Gasteiger partial charge in [-0.15, -0.1) is 0 Å². The quantitative estimate of drug-likeness (QED) is 0.254. The first-order chi connectivity index (χ1) is 17.0. The summed E-state index contributed by atoms with van der Waals surface area (Å²) in [6.45, 7) is 1.46. The molecular formula is C24H16F4N4O4. The molecule has 2 aromatic heterocycles. The van der Waals surface area contributed by atoms with E-state index in [4.69, 9.17) is 5.73 Å². The summed E-state index contributed by atoms with van der Waals surface area (Å²) in [4.78, 5) is 36.9. The summed E-state index contributed by atoms with van der Waals surface area (Å²) < 4.78 is 60.1. The van der Waals surface area contributed by atoms with Crippen LogP contribution in [0.15, 0.2) is 71.7 Å². The van der Waals surface area contributed by atoms with E-state index in [1.807, 2.05) is 0 Å². The average Bonchev–Trinajstić information content (AvgIpc) is 3.28. The van der Waals surface area contributed by atoms with E-state index in [-0.39, 0.29) is 16.9 Å². The molecule has 0 fully saturated rings. The number of aromatic nitrogens is 3. The second-order valence-corrected chi connectivity index (χ2v) is 7.56. The van der Waals surface area contributed by atoms with Crippen LogP contribution in [0.3, 0.4) is 0 Å². The predicted octanol–water partition coefficient (Wildman–Crippen LogP) is 4.39. The van der Waals surface area contributed by atoms with Gasteiger partial charge in [0.2, 0.25) is 0 Å². The Morgan fingerprint density at radius 1 is 1.00 bits per heavy atom. The van der Waals surface area contributed by atoms with E-state index in [0.29, 0.717) is 11.4 Å². The van der Waals surface area contributed by atoms with Gasteiger partial charge in [0.25, 0.3) is 5.56 Å². The van der Waals surface area contributed by atoms with Gasteiger partial charge in [-0.25, -0.2) is 18.7 Å². The lowest BCUT2D eigenvalue weighted by atomic mass is 10.1. The van der Waals surface area contributed by atoms with Gasteiger partial charge in [0.1, 0.15) is 11.4 Å². The number of pyridine rings is 1. The maximum Gasteiger partial charge on any atom is 0.416 e. The Morgan fingerprint density at radius 2 is 1.69 bits per heavy atom. The van der Waals surface area contributed by atoms with Crippen molar-refractivity contribution in [3.63, 3.8) is 0 Å². The second kappa shape index (κ2) is 9.13. The molecular weight excluding hydrogens is 484 g/mol. The Balaban J connectivity index is 2.01. The number of esters is 1. The summed E-state index contributed by atoms with van der Waals surface area (Å²) >= 11 is 0. The third-order valence-corrected chi connectivity index (χ3v) is 5.28. The number of benzene rings is 2. The summed E-state index contributed by atoms with van der Waals surface area (Å²) in [5.41, 5.74) is 3.11. The number of primary amides is 1. The minimum Gasteiger partial charge on any atom is -0.373 e. The lowest BCUT2D eigenvalue weighted by Crippen LogP contribution is -2.30. The van der Waals surface area contributed by atoms with Crippen LogP contribution in [0.25, 0.3) is 22.6 Å². The fourth-order valence-corrected chi connectivity index (χ4v) is 3.68. The first kappa shape index (κ1) is 24.4. The van der Waals surface area contributed by atoms with E-state index in [2.05, 4.69) is 9.84 Å². The number of ether oxygens (including phenoxy) is 1. The van der Waals surface area contributed by atoms with Crippen molar-refractivity contribution in [2.24, 2.45) is 5.73 Å². The predicted molar refractivity (Wildman–Crippen MR) is 119 cm³/mol. The molecule has 1 amide bonds. The number of carbonyl (C=O) groups excluding carboxylic acids is 2. The van der Waals surface area contributed by atoms with Crippen molar-refractivity contribution >= 4 is 12.1 Å². The summed E-state index contributed by atoms with van der Waals surface area (Å²) in [6.07, 6.45) is -4.76. The first-order valence-corrected chi connectivity index (χ1v) is 10.2. The highest BCUT2D eigenvalue weighted by molar-refractivity contribution is 5.97. The molecule has 0 saturated heterocycles. The van der Waals surface area contributed by atoms with E-state index in [1.165, 1.54) is 54.2 Å². The van der Waals surface area contributed by atoms with Gasteiger partial charge in [0.05, 0.1) is 23.1 Å². The SMILES string of the molecule is Cc1c(-c2ccnn2-c2ccc(F)cc2)cc(C(=O)OC(N)=O)c(=O)n1-c1cccc(C(F)(F)F)c1. The molecule has 0 saturated carbocycles. The van der Waals surface area contributed by atoms with E-state index < -0.39 is 40.7 Å². The van der Waals surface area contributed by atoms with Crippen LogP contribution >= 0.6 is 0 Å². The van der Waals surface area contributed by atoms with Crippen LogP contribution in [-0.2, 0) is 10.9 Å². The third kappa shape index (κ3) is 4.60. The molecule has 2 N–H and O–H groups in total. The van der Waals surface area contributed by atoms with Crippen LogP contribution in [0.2, 0.25) is 0 Å². The molecule has 0 atom stereocenters. The number of alkyl halides is 3. The number of carbonyl (C=O) groups is 2. The zero-order chi connectivity index (χ0) is 26.2. The van der Waals surface area contributed by atoms with Crippen LogP contribution in [0.4, 0.5) is 22.4 Å². The Kier molecular flexibility index (Phi) is 6.19. The molecule has 36 heavy (non-hydrogen) atoms. The fourth-order valence-electron chi connectivity index (χ4n) is 3.68. The summed E-state index contributed by atoms with van der Waals surface area (Å²) in [6, 6.07) is 11.9. The number of rotatable bonds is 4. The van der Waals surface area contributed by atoms with Gasteiger partial charge in [-0.2, -0.15) is 18.3 Å². The molecule has 2 aromatic carbocycles. The topological polar surface area (TPSA) is 109 Å². The van der Waals surface area contributed by atoms with E-state index in [0.717, 1.165) is 28.8 Å². The third-order valence-electron chi connectivity index (χ3n) is 5.28. The van der Waals surface area contributed by atoms with Gasteiger partial charge in [-0.05, 0) is 61.5 Å². The normalized spacial score (nSPS) is 11.4. The molecule has 0 spiro atoms. The first-order valence-electron chi connectivity index (χ1n) is 10.2. The highest BCUT2D eigenvalue weighted by atomic mass is 19.4. The van der Waals surface area contributed by atoms with Crippen molar-refractivity contribution in [2.45, 2.75) is 13.1 Å². The van der Waals surface area contributed by atoms with Crippen molar-refractivity contribution in [2.75, 3.05) is 0 Å². The molecule has 0 bridgehead atoms. The largest absolute Gasteiger partial charge is 0.416 e. The Labute approximate surface area is 200 Å². The highest BCUT2D eigenvalue weighted by Gasteiger charge is 2.31. The van der Waals surface area contributed by atoms with Gasteiger partial charge in [0, 0.05) is 16.9 Å². The molecule has 0 aliphatic heterocycles. The smallest absolute Gasteiger partial charge is 0.373 e. The summed E-state index contributed by atoms with van der Waals surface area (Å²) in [5.74, 6) is -1.87. The lowest BCUT2D eigenvalue weighted by molar-refractivity contribution is -0.137. The Morgan fingerprint density at radius 3 is 2.33 bits per heavy atom. The maximum absolute atomic E-state index is 13.4. The highest BCUT2D eigenvalue weighted by Crippen LogP contribution is 2.32. The van der Waals surface area contributed by atoms with Crippen molar-refractivity contribution in [1.29, 1.82) is 0 Å². The molecule has 0 radical (unpaired) electrons. The average molecular weight is 500 g/mol. The number of nitrogens with zero attached hydrogens (tertiary/aromatic N) is 3. The lowest BCUT2D eigenvalue weighted by Gasteiger charge is -2.18. The van der Waals surface area contributed by atoms with Gasteiger partial charge < -0.3 is 10.5 Å². The van der Waals surface area contributed by atoms with Crippen molar-refractivity contribution in [3.05, 3.63) is 99.9 Å². The monoisotopic (exact) mass is 500 g/mol. The zero-order valence-corrected chi connectivity index (χ0v) is 18.4. The summed E-state index contributed by atoms with van der Waals surface area (Å²) in [7, 11) is 0. The molecule has 0 unspecified atom stereocenters. The van der Waals surface area contributed by atoms with Crippen molar-refractivity contribution < 1.29 is 31.9 Å². The number of halogens is 4. The molecule has 184 valence electrons. The van der Waals surface area contributed by atoms with Crippen molar-refractivity contribution in [1.82, 2.24) is 14.3 Å². The molecule has 0 aliphatic rings. The van der Waals surface area contributed by atoms with Crippen LogP contribution in [0, 0.1) is 12.7 Å². The van der Waals surface area contributed by atoms with Crippen LogP contribution in [-0.4, -0.2) is 26.4 Å². The van der Waals surface area contributed by atoms with E-state index in [1.54, 1.807) is 0 Å². The van der Waals surface area contributed by atoms with Gasteiger partial charge in [-0.1, -0.05) is 6.07 Å². The fraction of sp³-hybridized carbons (Fsp3) is 0.0833. The number of hydrogen-bond acceptors (Lipinski definition) is 5. The van der Waals surface area contributed by atoms with Crippen LogP contribution in [0.1, 0.15) is 21.6 Å². The second-order valence-electron chi connectivity index (χ2n) is 7.56. The summed E-state index contributed by atoms with van der Waals surface area (Å²) in [5, 5.41) is 4.20. The van der Waals surface area contributed by atoms with Crippen LogP contribution < -0.4 is 11.3 Å². The van der Waals surface area contributed by atoms with Crippen molar-refractivity contribution in [3.8, 4) is 22.6 Å². The number of amides is 1. The molecule has 2 heterocycles. The van der Waals surface area contributed by atoms with Crippen LogP contribution in [0.5, 0.6) is 0 Å². The molecule has 8 nitrogen and oxygen atoms in total. The van der Waals surface area contributed by atoms with E-state index in [9.17, 15) is 31.9 Å². The van der Waals surface area contributed by atoms with Gasteiger partial charge in [0.15, 0.2) is 0 Å². The molecule has 12 heteroatoms. The zero-order valence-electron chi connectivity index (χ0n) is 18.4. The molecule has 4 aromatic rings. The minimum atomic E-state index is -4.69. The molecule has 0 aliphatic carbocycles. The number of nitrogens with two attached hydrogens (primary N) is 1. The maximum atomic E-state index is 13.4. The standard InChI is InChI=1S/C24H16F4N4O4/c1-13-18(20-9-10-30-32(20)16-7-5-15(25)6-8-16)12-19(22(34)36-23(29)35)21(33)31(13)17-4-2-3-14(11-17)24(26,27)28/h2-12H,1H3,(H2,29,35). The van der Waals surface area contributed by atoms with Gasteiger partial charge >= 0.3 is 18.2 Å². The van der Waals surface area contributed by atoms with E-state index >= 15 is 0 Å².